The van der Waals surface area contributed by atoms with Crippen molar-refractivity contribution in [1.29, 1.82) is 0 Å². The number of hydrogen-bond donors (Lipinski definition) is 0. The van der Waals surface area contributed by atoms with Crippen molar-refractivity contribution in [2.45, 2.75) is 53.2 Å². The lowest BCUT2D eigenvalue weighted by Crippen LogP contribution is -2.13. The number of aromatic nitrogens is 2. The maximum absolute atomic E-state index is 5.53. The van der Waals surface area contributed by atoms with Gasteiger partial charge in [-0.05, 0) is 32.8 Å². The topological polar surface area (TPSA) is 27.1 Å². The summed E-state index contributed by atoms with van der Waals surface area (Å²) >= 11 is 0. The molecule has 3 nitrogen and oxygen atoms in total. The molecule has 0 aliphatic carbocycles. The normalized spacial score (nSPS) is 11.3. The predicted molar refractivity (Wildman–Crippen MR) is 62.1 cm³/mol. The third-order valence-corrected chi connectivity index (χ3v) is 2.39. The maximum atomic E-state index is 5.53. The molecule has 0 saturated carbocycles. The smallest absolute Gasteiger partial charge is 0.0666 e. The number of hydrogen-bond acceptors (Lipinski definition) is 2. The zero-order valence-electron chi connectivity index (χ0n) is 10.3. The maximum Gasteiger partial charge on any atom is 0.0666 e. The zero-order chi connectivity index (χ0) is 11.3. The molecule has 0 atom stereocenters. The van der Waals surface area contributed by atoms with Gasteiger partial charge in [0.25, 0.3) is 0 Å². The second-order valence-electron chi connectivity index (χ2n) is 3.98. The first-order chi connectivity index (χ1) is 7.17. The monoisotopic (exact) mass is 210 g/mol. The third kappa shape index (κ3) is 3.67. The van der Waals surface area contributed by atoms with E-state index in [2.05, 4.69) is 43.5 Å². The first kappa shape index (κ1) is 12.2. The Labute approximate surface area is 92.4 Å². The second kappa shape index (κ2) is 5.91. The number of aryl methyl sites for hydroxylation is 2. The highest BCUT2D eigenvalue weighted by atomic mass is 16.5. The summed E-state index contributed by atoms with van der Waals surface area (Å²) in [5.74, 6) is 0. The highest BCUT2D eigenvalue weighted by Crippen LogP contribution is 2.06. The van der Waals surface area contributed by atoms with Crippen LogP contribution in [0.25, 0.3) is 0 Å². The Balaban J connectivity index is 2.54. The molecule has 0 aliphatic rings. The van der Waals surface area contributed by atoms with E-state index in [9.17, 15) is 0 Å². The van der Waals surface area contributed by atoms with Gasteiger partial charge in [-0.3, -0.25) is 4.68 Å². The molecule has 0 N–H and O–H groups in total. The van der Waals surface area contributed by atoms with E-state index < -0.39 is 0 Å². The van der Waals surface area contributed by atoms with Crippen molar-refractivity contribution in [2.75, 3.05) is 6.61 Å². The first-order valence-electron chi connectivity index (χ1n) is 5.84. The van der Waals surface area contributed by atoms with Crippen molar-refractivity contribution in [3.8, 4) is 0 Å². The summed E-state index contributed by atoms with van der Waals surface area (Å²) in [4.78, 5) is 0. The number of nitrogens with zero attached hydrogens (tertiary/aromatic N) is 2. The SMILES string of the molecule is CCc1cc(CC)n(CCOC(C)C)n1. The van der Waals surface area contributed by atoms with Crippen molar-refractivity contribution in [3.63, 3.8) is 0 Å². The van der Waals surface area contributed by atoms with E-state index in [4.69, 9.17) is 4.74 Å². The van der Waals surface area contributed by atoms with Crippen molar-refractivity contribution < 1.29 is 4.74 Å². The summed E-state index contributed by atoms with van der Waals surface area (Å²) in [6, 6.07) is 2.19. The van der Waals surface area contributed by atoms with Gasteiger partial charge in [-0.1, -0.05) is 13.8 Å². The van der Waals surface area contributed by atoms with Gasteiger partial charge in [0.15, 0.2) is 0 Å². The fraction of sp³-hybridized carbons (Fsp3) is 0.750. The van der Waals surface area contributed by atoms with Crippen LogP contribution in [0.5, 0.6) is 0 Å². The van der Waals surface area contributed by atoms with Crippen molar-refractivity contribution in [2.24, 2.45) is 0 Å². The van der Waals surface area contributed by atoms with Crippen LogP contribution < -0.4 is 0 Å². The van der Waals surface area contributed by atoms with Crippen LogP contribution in [0.3, 0.4) is 0 Å². The van der Waals surface area contributed by atoms with Crippen LogP contribution >= 0.6 is 0 Å². The Morgan fingerprint density at radius 1 is 1.33 bits per heavy atom. The van der Waals surface area contributed by atoms with Crippen LogP contribution in [0.15, 0.2) is 6.07 Å². The van der Waals surface area contributed by atoms with Gasteiger partial charge < -0.3 is 4.74 Å². The molecule has 3 heteroatoms. The lowest BCUT2D eigenvalue weighted by atomic mass is 10.3. The van der Waals surface area contributed by atoms with E-state index in [0.29, 0.717) is 6.10 Å². The second-order valence-corrected chi connectivity index (χ2v) is 3.98. The summed E-state index contributed by atoms with van der Waals surface area (Å²) < 4.78 is 7.60. The molecule has 1 rings (SSSR count). The van der Waals surface area contributed by atoms with Gasteiger partial charge in [-0.25, -0.2) is 0 Å². The summed E-state index contributed by atoms with van der Waals surface area (Å²) in [5.41, 5.74) is 2.48. The van der Waals surface area contributed by atoms with E-state index in [-0.39, 0.29) is 0 Å². The summed E-state index contributed by atoms with van der Waals surface area (Å²) in [6.45, 7) is 10.0. The molecule has 1 heterocycles. The molecule has 0 saturated heterocycles. The third-order valence-electron chi connectivity index (χ3n) is 2.39. The molecule has 1 aromatic rings. The molecular formula is C12H22N2O. The van der Waals surface area contributed by atoms with E-state index >= 15 is 0 Å². The Bertz CT molecular complexity index is 292. The van der Waals surface area contributed by atoms with E-state index in [1.54, 1.807) is 0 Å². The molecule has 15 heavy (non-hydrogen) atoms. The van der Waals surface area contributed by atoms with Gasteiger partial charge in [0.2, 0.25) is 0 Å². The van der Waals surface area contributed by atoms with Crippen LogP contribution in [0, 0.1) is 0 Å². The molecule has 0 amide bonds. The van der Waals surface area contributed by atoms with Gasteiger partial charge in [-0.15, -0.1) is 0 Å². The largest absolute Gasteiger partial charge is 0.377 e. The molecule has 0 aliphatic heterocycles. The van der Waals surface area contributed by atoms with Crippen molar-refractivity contribution >= 4 is 0 Å². The fourth-order valence-electron chi connectivity index (χ4n) is 1.54. The highest BCUT2D eigenvalue weighted by molar-refractivity contribution is 5.10. The van der Waals surface area contributed by atoms with Crippen molar-refractivity contribution in [1.82, 2.24) is 9.78 Å². The Kier molecular flexibility index (Phi) is 4.82. The molecular weight excluding hydrogens is 188 g/mol. The van der Waals surface area contributed by atoms with Crippen molar-refractivity contribution in [3.05, 3.63) is 17.5 Å². The van der Waals surface area contributed by atoms with Crippen LogP contribution in [0.1, 0.15) is 39.1 Å². The van der Waals surface area contributed by atoms with Gasteiger partial charge in [0.05, 0.1) is 24.9 Å². The predicted octanol–water partition coefficient (Wildman–Crippen LogP) is 2.43. The van der Waals surface area contributed by atoms with E-state index in [1.807, 2.05) is 0 Å². The van der Waals surface area contributed by atoms with E-state index in [1.165, 1.54) is 11.4 Å². The minimum absolute atomic E-state index is 0.302. The first-order valence-corrected chi connectivity index (χ1v) is 5.84. The molecule has 86 valence electrons. The number of ether oxygens (including phenoxy) is 1. The lowest BCUT2D eigenvalue weighted by Gasteiger charge is -2.09. The van der Waals surface area contributed by atoms with Crippen LogP contribution in [0.2, 0.25) is 0 Å². The molecule has 0 radical (unpaired) electrons. The van der Waals surface area contributed by atoms with Crippen LogP contribution in [-0.2, 0) is 24.1 Å². The van der Waals surface area contributed by atoms with Crippen LogP contribution in [0.4, 0.5) is 0 Å². The summed E-state index contributed by atoms with van der Waals surface area (Å²) in [5, 5.41) is 4.53. The van der Waals surface area contributed by atoms with E-state index in [0.717, 1.165) is 26.0 Å². The average Bonchev–Trinajstić information content (AvgIpc) is 2.60. The summed E-state index contributed by atoms with van der Waals surface area (Å²) in [7, 11) is 0. The molecule has 0 aromatic carbocycles. The van der Waals surface area contributed by atoms with Gasteiger partial charge in [-0.2, -0.15) is 5.10 Å². The molecule has 0 unspecified atom stereocenters. The molecule has 0 fully saturated rings. The standard InChI is InChI=1S/C12H22N2O/c1-5-11-9-12(6-2)14(13-11)7-8-15-10(3)4/h9-10H,5-8H2,1-4H3. The molecule has 1 aromatic heterocycles. The highest BCUT2D eigenvalue weighted by Gasteiger charge is 2.04. The zero-order valence-corrected chi connectivity index (χ0v) is 10.3. The van der Waals surface area contributed by atoms with Gasteiger partial charge in [0, 0.05) is 5.69 Å². The average molecular weight is 210 g/mol. The lowest BCUT2D eigenvalue weighted by molar-refractivity contribution is 0.0705. The minimum Gasteiger partial charge on any atom is -0.377 e. The minimum atomic E-state index is 0.302. The molecule has 0 bridgehead atoms. The van der Waals surface area contributed by atoms with Gasteiger partial charge >= 0.3 is 0 Å². The summed E-state index contributed by atoms with van der Waals surface area (Å²) in [6.07, 6.45) is 2.34. The Morgan fingerprint density at radius 2 is 2.07 bits per heavy atom. The van der Waals surface area contributed by atoms with Gasteiger partial charge in [0.1, 0.15) is 0 Å². The Hall–Kier alpha value is -0.830. The Morgan fingerprint density at radius 3 is 2.60 bits per heavy atom. The quantitative estimate of drug-likeness (QED) is 0.721. The molecule has 0 spiro atoms. The number of rotatable bonds is 6. The fourth-order valence-corrected chi connectivity index (χ4v) is 1.54. The van der Waals surface area contributed by atoms with Crippen LogP contribution in [-0.4, -0.2) is 22.5 Å².